The molecule has 0 aliphatic heterocycles. The zero-order valence-corrected chi connectivity index (χ0v) is 10.1. The van der Waals surface area contributed by atoms with E-state index in [4.69, 9.17) is 5.73 Å². The third-order valence-electron chi connectivity index (χ3n) is 2.53. The van der Waals surface area contributed by atoms with Crippen LogP contribution in [0.1, 0.15) is 12.5 Å². The largest absolute Gasteiger partial charge is 0.399 e. The van der Waals surface area contributed by atoms with E-state index in [0.29, 0.717) is 13.1 Å². The molecule has 0 bridgehead atoms. The molecule has 2 N–H and O–H groups in total. The highest BCUT2D eigenvalue weighted by Crippen LogP contribution is 2.08. The zero-order chi connectivity index (χ0) is 12.1. The summed E-state index contributed by atoms with van der Waals surface area (Å²) in [6, 6.07) is 7.59. The van der Waals surface area contributed by atoms with E-state index in [-0.39, 0.29) is 6.03 Å². The Balaban J connectivity index is 2.60. The molecule has 4 heteroatoms. The van der Waals surface area contributed by atoms with Gasteiger partial charge in [-0.2, -0.15) is 0 Å². The lowest BCUT2D eigenvalue weighted by atomic mass is 10.2. The summed E-state index contributed by atoms with van der Waals surface area (Å²) in [6.07, 6.45) is 0. The van der Waals surface area contributed by atoms with Gasteiger partial charge in [-0.1, -0.05) is 12.1 Å². The molecule has 2 amide bonds. The van der Waals surface area contributed by atoms with Gasteiger partial charge in [-0.05, 0) is 24.6 Å². The summed E-state index contributed by atoms with van der Waals surface area (Å²) in [5.41, 5.74) is 7.42. The Hall–Kier alpha value is -1.71. The van der Waals surface area contributed by atoms with Crippen molar-refractivity contribution < 1.29 is 4.79 Å². The van der Waals surface area contributed by atoms with Crippen molar-refractivity contribution in [1.29, 1.82) is 0 Å². The Kier molecular flexibility index (Phi) is 4.17. The molecule has 0 unspecified atom stereocenters. The second-order valence-corrected chi connectivity index (χ2v) is 3.89. The number of nitrogens with two attached hydrogens (primary N) is 1. The predicted octanol–water partition coefficient (Wildman–Crippen LogP) is 1.77. The van der Waals surface area contributed by atoms with Gasteiger partial charge in [0.05, 0.1) is 0 Å². The number of anilines is 1. The average molecular weight is 221 g/mol. The maximum atomic E-state index is 11.8. The molecule has 16 heavy (non-hydrogen) atoms. The van der Waals surface area contributed by atoms with Gasteiger partial charge in [0.2, 0.25) is 0 Å². The highest BCUT2D eigenvalue weighted by molar-refractivity contribution is 5.73. The fourth-order valence-electron chi connectivity index (χ4n) is 1.39. The minimum Gasteiger partial charge on any atom is -0.399 e. The van der Waals surface area contributed by atoms with E-state index < -0.39 is 0 Å². The topological polar surface area (TPSA) is 49.6 Å². The summed E-state index contributed by atoms with van der Waals surface area (Å²) in [6.45, 7) is 3.27. The Morgan fingerprint density at radius 2 is 1.75 bits per heavy atom. The molecule has 88 valence electrons. The molecule has 1 rings (SSSR count). The number of urea groups is 1. The van der Waals surface area contributed by atoms with E-state index in [0.717, 1.165) is 11.3 Å². The number of nitrogen functional groups attached to an aromatic ring is 1. The van der Waals surface area contributed by atoms with Crippen LogP contribution in [0.25, 0.3) is 0 Å². The lowest BCUT2D eigenvalue weighted by molar-refractivity contribution is 0.173. The first-order chi connectivity index (χ1) is 7.54. The van der Waals surface area contributed by atoms with Crippen LogP contribution in [0, 0.1) is 0 Å². The van der Waals surface area contributed by atoms with Crippen LogP contribution in [-0.4, -0.2) is 36.5 Å². The van der Waals surface area contributed by atoms with Crippen molar-refractivity contribution in [3.05, 3.63) is 29.8 Å². The number of hydrogen-bond donors (Lipinski definition) is 1. The van der Waals surface area contributed by atoms with Gasteiger partial charge in [0.1, 0.15) is 0 Å². The Labute approximate surface area is 96.6 Å². The third kappa shape index (κ3) is 3.15. The van der Waals surface area contributed by atoms with Crippen molar-refractivity contribution in [2.24, 2.45) is 0 Å². The first-order valence-electron chi connectivity index (χ1n) is 5.35. The van der Waals surface area contributed by atoms with E-state index in [1.165, 1.54) is 0 Å². The van der Waals surface area contributed by atoms with Gasteiger partial charge < -0.3 is 15.5 Å². The third-order valence-corrected chi connectivity index (χ3v) is 2.53. The van der Waals surface area contributed by atoms with Crippen LogP contribution in [-0.2, 0) is 6.54 Å². The van der Waals surface area contributed by atoms with E-state index in [9.17, 15) is 4.79 Å². The molecule has 0 saturated carbocycles. The number of hydrogen-bond acceptors (Lipinski definition) is 2. The molecule has 0 fully saturated rings. The maximum Gasteiger partial charge on any atom is 0.319 e. The van der Waals surface area contributed by atoms with Crippen LogP contribution in [0.15, 0.2) is 24.3 Å². The van der Waals surface area contributed by atoms with Crippen molar-refractivity contribution in [1.82, 2.24) is 9.80 Å². The molecule has 0 atom stereocenters. The summed E-state index contributed by atoms with van der Waals surface area (Å²) in [5, 5.41) is 0. The molecular formula is C12H19N3O. The molecule has 0 radical (unpaired) electrons. The molecule has 1 aromatic carbocycles. The van der Waals surface area contributed by atoms with Crippen molar-refractivity contribution in [3.63, 3.8) is 0 Å². The van der Waals surface area contributed by atoms with Crippen LogP contribution in [0.4, 0.5) is 10.5 Å². The Bertz CT molecular complexity index is 348. The van der Waals surface area contributed by atoms with Gasteiger partial charge in [0.15, 0.2) is 0 Å². The summed E-state index contributed by atoms with van der Waals surface area (Å²) >= 11 is 0. The van der Waals surface area contributed by atoms with Crippen LogP contribution < -0.4 is 5.73 Å². The molecule has 0 heterocycles. The SMILES string of the molecule is CCN(C)C(=O)N(C)Cc1ccc(N)cc1. The number of rotatable bonds is 3. The van der Waals surface area contributed by atoms with Crippen LogP contribution in [0.2, 0.25) is 0 Å². The quantitative estimate of drug-likeness (QED) is 0.791. The van der Waals surface area contributed by atoms with Gasteiger partial charge in [0, 0.05) is 32.9 Å². The molecular weight excluding hydrogens is 202 g/mol. The van der Waals surface area contributed by atoms with Gasteiger partial charge in [0.25, 0.3) is 0 Å². The molecule has 4 nitrogen and oxygen atoms in total. The number of amides is 2. The summed E-state index contributed by atoms with van der Waals surface area (Å²) < 4.78 is 0. The lowest BCUT2D eigenvalue weighted by Crippen LogP contribution is -2.38. The number of benzene rings is 1. The van der Waals surface area contributed by atoms with Crippen LogP contribution in [0.3, 0.4) is 0 Å². The van der Waals surface area contributed by atoms with Gasteiger partial charge in [-0.3, -0.25) is 0 Å². The highest BCUT2D eigenvalue weighted by Gasteiger charge is 2.12. The van der Waals surface area contributed by atoms with E-state index >= 15 is 0 Å². The fourth-order valence-corrected chi connectivity index (χ4v) is 1.39. The molecule has 0 aromatic heterocycles. The first-order valence-corrected chi connectivity index (χ1v) is 5.35. The van der Waals surface area contributed by atoms with Crippen LogP contribution >= 0.6 is 0 Å². The fraction of sp³-hybridized carbons (Fsp3) is 0.417. The number of carbonyl (C=O) groups is 1. The Morgan fingerprint density at radius 1 is 1.19 bits per heavy atom. The van der Waals surface area contributed by atoms with Crippen molar-refractivity contribution in [3.8, 4) is 0 Å². The van der Waals surface area contributed by atoms with E-state index in [1.807, 2.05) is 31.2 Å². The summed E-state index contributed by atoms with van der Waals surface area (Å²) in [7, 11) is 3.59. The lowest BCUT2D eigenvalue weighted by Gasteiger charge is -2.23. The molecule has 0 spiro atoms. The van der Waals surface area contributed by atoms with Gasteiger partial charge >= 0.3 is 6.03 Å². The van der Waals surface area contributed by atoms with Crippen molar-refractivity contribution in [2.45, 2.75) is 13.5 Å². The van der Waals surface area contributed by atoms with Crippen molar-refractivity contribution >= 4 is 11.7 Å². The number of nitrogens with zero attached hydrogens (tertiary/aromatic N) is 2. The zero-order valence-electron chi connectivity index (χ0n) is 10.1. The molecule has 0 saturated heterocycles. The van der Waals surface area contributed by atoms with Gasteiger partial charge in [-0.25, -0.2) is 4.79 Å². The smallest absolute Gasteiger partial charge is 0.319 e. The average Bonchev–Trinajstić information content (AvgIpc) is 2.30. The summed E-state index contributed by atoms with van der Waals surface area (Å²) in [4.78, 5) is 15.1. The van der Waals surface area contributed by atoms with Crippen molar-refractivity contribution in [2.75, 3.05) is 26.4 Å². The second-order valence-electron chi connectivity index (χ2n) is 3.89. The minimum atomic E-state index is 0.0272. The predicted molar refractivity (Wildman–Crippen MR) is 66.0 cm³/mol. The molecule has 0 aliphatic carbocycles. The normalized spacial score (nSPS) is 9.94. The van der Waals surface area contributed by atoms with Gasteiger partial charge in [-0.15, -0.1) is 0 Å². The molecule has 0 aliphatic rings. The summed E-state index contributed by atoms with van der Waals surface area (Å²) in [5.74, 6) is 0. The van der Waals surface area contributed by atoms with E-state index in [2.05, 4.69) is 0 Å². The maximum absolute atomic E-state index is 11.8. The second kappa shape index (κ2) is 5.39. The monoisotopic (exact) mass is 221 g/mol. The van der Waals surface area contributed by atoms with E-state index in [1.54, 1.807) is 23.9 Å². The Morgan fingerprint density at radius 3 is 2.25 bits per heavy atom. The van der Waals surface area contributed by atoms with Crippen LogP contribution in [0.5, 0.6) is 0 Å². The first kappa shape index (κ1) is 12.4. The minimum absolute atomic E-state index is 0.0272. The molecule has 1 aromatic rings. The highest BCUT2D eigenvalue weighted by atomic mass is 16.2. The number of carbonyl (C=O) groups excluding carboxylic acids is 1. The standard InChI is InChI=1S/C12H19N3O/c1-4-14(2)12(16)15(3)9-10-5-7-11(13)8-6-10/h5-8H,4,9,13H2,1-3H3.